The molecule has 0 saturated heterocycles. The molecule has 0 radical (unpaired) electrons. The van der Waals surface area contributed by atoms with Gasteiger partial charge in [-0.1, -0.05) is 12.1 Å². The van der Waals surface area contributed by atoms with E-state index in [1.165, 1.54) is 0 Å². The van der Waals surface area contributed by atoms with Gasteiger partial charge in [0.15, 0.2) is 11.5 Å². The Hall–Kier alpha value is -1.79. The number of fused-ring (bicyclic) bond motifs is 1. The van der Waals surface area contributed by atoms with Crippen LogP contribution in [0.1, 0.15) is 18.9 Å². The number of methoxy groups -OCH3 is 1. The average molecular weight is 294 g/mol. The largest absolute Gasteiger partial charge is 0.454 e. The van der Waals surface area contributed by atoms with E-state index in [0.717, 1.165) is 23.5 Å². The van der Waals surface area contributed by atoms with Crippen molar-refractivity contribution in [2.24, 2.45) is 0 Å². The molecule has 1 unspecified atom stereocenters. The van der Waals surface area contributed by atoms with Crippen LogP contribution in [0.4, 0.5) is 0 Å². The lowest BCUT2D eigenvalue weighted by Crippen LogP contribution is -2.42. The maximum Gasteiger partial charge on any atom is 0.236 e. The molecule has 1 aromatic carbocycles. The van der Waals surface area contributed by atoms with Gasteiger partial charge in [-0.25, -0.2) is 0 Å². The summed E-state index contributed by atoms with van der Waals surface area (Å²) < 4.78 is 15.7. The number of rotatable bonds is 8. The zero-order valence-corrected chi connectivity index (χ0v) is 12.5. The van der Waals surface area contributed by atoms with Gasteiger partial charge in [-0.05, 0) is 19.4 Å². The summed E-state index contributed by atoms with van der Waals surface area (Å²) in [7, 11) is 1.65. The van der Waals surface area contributed by atoms with Gasteiger partial charge in [-0.2, -0.15) is 0 Å². The molecule has 6 nitrogen and oxygen atoms in total. The average Bonchev–Trinajstić information content (AvgIpc) is 2.98. The maximum absolute atomic E-state index is 11.9. The molecule has 116 valence electrons. The molecule has 6 heteroatoms. The predicted octanol–water partition coefficient (Wildman–Crippen LogP) is 1.05. The molecule has 2 rings (SSSR count). The first kappa shape index (κ1) is 15.6. The number of para-hydroxylation sites is 1. The number of hydrogen-bond donors (Lipinski definition) is 2. The Morgan fingerprint density at radius 2 is 2.29 bits per heavy atom. The molecule has 0 aromatic heterocycles. The summed E-state index contributed by atoms with van der Waals surface area (Å²) in [5.41, 5.74) is 0.990. The van der Waals surface area contributed by atoms with Gasteiger partial charge in [0.1, 0.15) is 0 Å². The molecule has 1 aliphatic rings. The Morgan fingerprint density at radius 1 is 1.43 bits per heavy atom. The molecule has 2 N–H and O–H groups in total. The first-order chi connectivity index (χ1) is 10.2. The van der Waals surface area contributed by atoms with E-state index in [9.17, 15) is 4.79 Å². The topological polar surface area (TPSA) is 68.8 Å². The van der Waals surface area contributed by atoms with Crippen LogP contribution in [0.5, 0.6) is 11.5 Å². The molecule has 0 bridgehead atoms. The summed E-state index contributed by atoms with van der Waals surface area (Å²) in [6.45, 7) is 3.92. The van der Waals surface area contributed by atoms with Gasteiger partial charge in [0.05, 0.1) is 6.04 Å². The second kappa shape index (κ2) is 7.85. The van der Waals surface area contributed by atoms with Crippen LogP contribution in [0.25, 0.3) is 0 Å². The van der Waals surface area contributed by atoms with Gasteiger partial charge >= 0.3 is 0 Å². The quantitative estimate of drug-likeness (QED) is 0.701. The van der Waals surface area contributed by atoms with Crippen LogP contribution in [-0.4, -0.2) is 39.0 Å². The van der Waals surface area contributed by atoms with Crippen LogP contribution >= 0.6 is 0 Å². The summed E-state index contributed by atoms with van der Waals surface area (Å²) in [6.07, 6.45) is 0.812. The first-order valence-corrected chi connectivity index (χ1v) is 7.10. The Balaban J connectivity index is 1.77. The highest BCUT2D eigenvalue weighted by Crippen LogP contribution is 2.35. The van der Waals surface area contributed by atoms with Gasteiger partial charge < -0.3 is 24.8 Å². The predicted molar refractivity (Wildman–Crippen MR) is 78.4 cm³/mol. The highest BCUT2D eigenvalue weighted by atomic mass is 16.7. The van der Waals surface area contributed by atoms with E-state index in [2.05, 4.69) is 10.6 Å². The molecule has 0 saturated carbocycles. The van der Waals surface area contributed by atoms with Crippen molar-refractivity contribution in [1.29, 1.82) is 0 Å². The molecule has 1 aliphatic heterocycles. The van der Waals surface area contributed by atoms with Crippen molar-refractivity contribution in [3.63, 3.8) is 0 Å². The lowest BCUT2D eigenvalue weighted by Gasteiger charge is -2.14. The van der Waals surface area contributed by atoms with E-state index < -0.39 is 0 Å². The van der Waals surface area contributed by atoms with Crippen molar-refractivity contribution in [1.82, 2.24) is 10.6 Å². The molecule has 1 amide bonds. The van der Waals surface area contributed by atoms with Gasteiger partial charge in [-0.3, -0.25) is 4.79 Å². The van der Waals surface area contributed by atoms with Crippen molar-refractivity contribution in [2.45, 2.75) is 25.9 Å². The van der Waals surface area contributed by atoms with Crippen LogP contribution in [0.3, 0.4) is 0 Å². The van der Waals surface area contributed by atoms with Gasteiger partial charge in [0, 0.05) is 32.4 Å². The highest BCUT2D eigenvalue weighted by Gasteiger charge is 2.18. The second-order valence-electron chi connectivity index (χ2n) is 4.89. The number of benzene rings is 1. The van der Waals surface area contributed by atoms with Crippen molar-refractivity contribution < 1.29 is 19.0 Å². The third-order valence-electron chi connectivity index (χ3n) is 3.29. The summed E-state index contributed by atoms with van der Waals surface area (Å²) in [6, 6.07) is 5.48. The van der Waals surface area contributed by atoms with Crippen molar-refractivity contribution in [3.8, 4) is 11.5 Å². The normalized spacial score (nSPS) is 14.0. The first-order valence-electron chi connectivity index (χ1n) is 7.10. The van der Waals surface area contributed by atoms with E-state index in [-0.39, 0.29) is 18.7 Å². The molecular weight excluding hydrogens is 272 g/mol. The van der Waals surface area contributed by atoms with E-state index in [1.807, 2.05) is 25.1 Å². The number of hydrogen-bond acceptors (Lipinski definition) is 5. The maximum atomic E-state index is 11.9. The Morgan fingerprint density at radius 3 is 3.10 bits per heavy atom. The number of nitrogens with one attached hydrogen (secondary N) is 2. The lowest BCUT2D eigenvalue weighted by molar-refractivity contribution is -0.122. The zero-order valence-electron chi connectivity index (χ0n) is 12.5. The highest BCUT2D eigenvalue weighted by molar-refractivity contribution is 5.81. The van der Waals surface area contributed by atoms with E-state index in [0.29, 0.717) is 19.7 Å². The summed E-state index contributed by atoms with van der Waals surface area (Å²) >= 11 is 0. The number of carbonyl (C=O) groups excluding carboxylic acids is 1. The molecular formula is C15H22N2O4. The van der Waals surface area contributed by atoms with Crippen molar-refractivity contribution >= 4 is 5.91 Å². The summed E-state index contributed by atoms with van der Waals surface area (Å²) in [5.74, 6) is 1.50. The Labute approximate surface area is 124 Å². The SMILES string of the molecule is COCCCNC(=O)C(C)NCc1cccc2c1OCO2. The van der Waals surface area contributed by atoms with Crippen LogP contribution in [0.2, 0.25) is 0 Å². The smallest absolute Gasteiger partial charge is 0.236 e. The van der Waals surface area contributed by atoms with E-state index >= 15 is 0 Å². The Kier molecular flexibility index (Phi) is 5.83. The van der Waals surface area contributed by atoms with Crippen LogP contribution in [-0.2, 0) is 16.1 Å². The summed E-state index contributed by atoms with van der Waals surface area (Å²) in [5, 5.41) is 6.06. The summed E-state index contributed by atoms with van der Waals surface area (Å²) in [4.78, 5) is 11.9. The monoisotopic (exact) mass is 294 g/mol. The minimum atomic E-state index is -0.272. The molecule has 1 heterocycles. The third kappa shape index (κ3) is 4.34. The molecule has 0 spiro atoms. The number of amides is 1. The fourth-order valence-corrected chi connectivity index (χ4v) is 2.07. The molecule has 1 aromatic rings. The number of ether oxygens (including phenoxy) is 3. The van der Waals surface area contributed by atoms with E-state index in [4.69, 9.17) is 14.2 Å². The fraction of sp³-hybridized carbons (Fsp3) is 0.533. The standard InChI is InChI=1S/C15H22N2O4/c1-11(15(18)16-7-4-8-19-2)17-9-12-5-3-6-13-14(12)21-10-20-13/h3,5-6,11,17H,4,7-10H2,1-2H3,(H,16,18). The van der Waals surface area contributed by atoms with Gasteiger partial charge in [0.25, 0.3) is 0 Å². The van der Waals surface area contributed by atoms with E-state index in [1.54, 1.807) is 7.11 Å². The van der Waals surface area contributed by atoms with Gasteiger partial charge in [0.2, 0.25) is 12.7 Å². The number of carbonyl (C=O) groups is 1. The van der Waals surface area contributed by atoms with Crippen LogP contribution in [0.15, 0.2) is 18.2 Å². The van der Waals surface area contributed by atoms with Crippen molar-refractivity contribution in [3.05, 3.63) is 23.8 Å². The van der Waals surface area contributed by atoms with Crippen LogP contribution < -0.4 is 20.1 Å². The van der Waals surface area contributed by atoms with Crippen molar-refractivity contribution in [2.75, 3.05) is 27.1 Å². The third-order valence-corrected chi connectivity index (χ3v) is 3.29. The molecule has 1 atom stereocenters. The molecule has 0 aliphatic carbocycles. The lowest BCUT2D eigenvalue weighted by atomic mass is 10.1. The minimum absolute atomic E-state index is 0.0177. The zero-order chi connectivity index (χ0) is 15.1. The fourth-order valence-electron chi connectivity index (χ4n) is 2.07. The molecule has 0 fully saturated rings. The molecule has 21 heavy (non-hydrogen) atoms. The second-order valence-corrected chi connectivity index (χ2v) is 4.89. The van der Waals surface area contributed by atoms with Crippen LogP contribution in [0, 0.1) is 0 Å². The minimum Gasteiger partial charge on any atom is -0.454 e. The Bertz CT molecular complexity index is 479. The van der Waals surface area contributed by atoms with Gasteiger partial charge in [-0.15, -0.1) is 0 Å².